The second-order valence-electron chi connectivity index (χ2n) is 3.52. The van der Waals surface area contributed by atoms with Crippen molar-refractivity contribution < 1.29 is 9.53 Å². The van der Waals surface area contributed by atoms with Crippen molar-refractivity contribution in [2.45, 2.75) is 20.3 Å². The van der Waals surface area contributed by atoms with Gasteiger partial charge in [-0.3, -0.25) is 0 Å². The molecule has 0 aromatic heterocycles. The molecule has 0 aliphatic rings. The van der Waals surface area contributed by atoms with Gasteiger partial charge in [0.15, 0.2) is 0 Å². The Hall–Kier alpha value is -1.35. The van der Waals surface area contributed by atoms with Gasteiger partial charge in [-0.05, 0) is 44.1 Å². The summed E-state index contributed by atoms with van der Waals surface area (Å²) < 4.78 is 4.92. The Labute approximate surface area is 96.8 Å². The highest BCUT2D eigenvalue weighted by Crippen LogP contribution is 2.06. The van der Waals surface area contributed by atoms with Crippen molar-refractivity contribution in [1.29, 1.82) is 0 Å². The Kier molecular flexibility index (Phi) is 5.57. The van der Waals surface area contributed by atoms with Crippen LogP contribution < -0.4 is 5.32 Å². The zero-order valence-electron chi connectivity index (χ0n) is 9.95. The normalized spacial score (nSPS) is 10.1. The third-order valence-corrected chi connectivity index (χ3v) is 2.31. The number of hydrogen-bond acceptors (Lipinski definition) is 3. The summed E-state index contributed by atoms with van der Waals surface area (Å²) in [5.74, 6) is -0.249. The quantitative estimate of drug-likeness (QED) is 0.590. The molecule has 16 heavy (non-hydrogen) atoms. The fraction of sp³-hybridized carbons (Fsp3) is 0.462. The first-order valence-electron chi connectivity index (χ1n) is 5.74. The van der Waals surface area contributed by atoms with Crippen LogP contribution in [0.4, 0.5) is 0 Å². The number of rotatable bonds is 6. The van der Waals surface area contributed by atoms with Crippen molar-refractivity contribution in [2.24, 2.45) is 0 Å². The second kappa shape index (κ2) is 7.01. The van der Waals surface area contributed by atoms with Crippen LogP contribution in [0.25, 0.3) is 0 Å². The molecular weight excluding hydrogens is 202 g/mol. The lowest BCUT2D eigenvalue weighted by Crippen LogP contribution is -2.16. The maximum Gasteiger partial charge on any atom is 0.338 e. The molecule has 3 heteroatoms. The molecule has 88 valence electrons. The average Bonchev–Trinajstić information content (AvgIpc) is 2.30. The van der Waals surface area contributed by atoms with Crippen LogP contribution in [-0.4, -0.2) is 25.7 Å². The Bertz CT molecular complexity index is 319. The topological polar surface area (TPSA) is 38.3 Å². The van der Waals surface area contributed by atoms with Crippen LogP contribution in [0, 0.1) is 0 Å². The summed E-state index contributed by atoms with van der Waals surface area (Å²) >= 11 is 0. The molecule has 0 spiro atoms. The monoisotopic (exact) mass is 221 g/mol. The van der Waals surface area contributed by atoms with E-state index in [9.17, 15) is 4.79 Å². The van der Waals surface area contributed by atoms with Gasteiger partial charge in [-0.1, -0.05) is 19.1 Å². The molecular formula is C13H19NO2. The second-order valence-corrected chi connectivity index (χ2v) is 3.52. The minimum atomic E-state index is -0.249. The average molecular weight is 221 g/mol. The molecule has 1 rings (SSSR count). The Morgan fingerprint density at radius 3 is 2.50 bits per heavy atom. The highest BCUT2D eigenvalue weighted by Gasteiger charge is 2.04. The lowest BCUT2D eigenvalue weighted by Gasteiger charge is -2.04. The van der Waals surface area contributed by atoms with Gasteiger partial charge in [0.25, 0.3) is 0 Å². The largest absolute Gasteiger partial charge is 0.462 e. The molecule has 0 bridgehead atoms. The minimum Gasteiger partial charge on any atom is -0.462 e. The molecule has 0 aliphatic heterocycles. The van der Waals surface area contributed by atoms with Gasteiger partial charge in [0, 0.05) is 0 Å². The van der Waals surface area contributed by atoms with E-state index in [1.165, 1.54) is 5.56 Å². The number of ether oxygens (including phenoxy) is 1. The molecule has 3 nitrogen and oxygen atoms in total. The summed E-state index contributed by atoms with van der Waals surface area (Å²) in [6.07, 6.45) is 0.983. The lowest BCUT2D eigenvalue weighted by molar-refractivity contribution is 0.0526. The summed E-state index contributed by atoms with van der Waals surface area (Å²) in [6, 6.07) is 7.59. The molecule has 0 atom stereocenters. The number of esters is 1. The van der Waals surface area contributed by atoms with Crippen molar-refractivity contribution in [1.82, 2.24) is 5.32 Å². The first kappa shape index (κ1) is 12.7. The van der Waals surface area contributed by atoms with Gasteiger partial charge < -0.3 is 10.1 Å². The van der Waals surface area contributed by atoms with Crippen molar-refractivity contribution in [3.05, 3.63) is 35.4 Å². The molecule has 0 amide bonds. The Morgan fingerprint density at radius 1 is 1.25 bits per heavy atom. The van der Waals surface area contributed by atoms with Crippen LogP contribution in [0.5, 0.6) is 0 Å². The molecule has 1 N–H and O–H groups in total. The highest BCUT2D eigenvalue weighted by atomic mass is 16.5. The molecule has 0 radical (unpaired) electrons. The fourth-order valence-corrected chi connectivity index (χ4v) is 1.43. The third kappa shape index (κ3) is 4.03. The van der Waals surface area contributed by atoms with Crippen LogP contribution in [0.1, 0.15) is 29.8 Å². The summed E-state index contributed by atoms with van der Waals surface area (Å²) in [5, 5.41) is 3.26. The Morgan fingerprint density at radius 2 is 1.94 bits per heavy atom. The summed E-state index contributed by atoms with van der Waals surface area (Å²) in [5.41, 5.74) is 1.85. The fourth-order valence-electron chi connectivity index (χ4n) is 1.43. The summed E-state index contributed by atoms with van der Waals surface area (Å²) in [6.45, 7) is 6.27. The van der Waals surface area contributed by atoms with Crippen LogP contribution in [-0.2, 0) is 11.2 Å². The maximum absolute atomic E-state index is 11.4. The minimum absolute atomic E-state index is 0.249. The predicted octanol–water partition coefficient (Wildman–Crippen LogP) is 2.02. The van der Waals surface area contributed by atoms with E-state index in [0.717, 1.165) is 19.5 Å². The first-order chi connectivity index (χ1) is 7.77. The lowest BCUT2D eigenvalue weighted by atomic mass is 10.1. The molecule has 0 heterocycles. The maximum atomic E-state index is 11.4. The first-order valence-corrected chi connectivity index (χ1v) is 5.74. The van der Waals surface area contributed by atoms with Crippen LogP contribution in [0.15, 0.2) is 24.3 Å². The van der Waals surface area contributed by atoms with E-state index < -0.39 is 0 Å². The highest BCUT2D eigenvalue weighted by molar-refractivity contribution is 5.89. The van der Waals surface area contributed by atoms with E-state index in [2.05, 4.69) is 12.2 Å². The van der Waals surface area contributed by atoms with Gasteiger partial charge in [0.2, 0.25) is 0 Å². The van der Waals surface area contributed by atoms with Crippen molar-refractivity contribution in [2.75, 3.05) is 19.7 Å². The van der Waals surface area contributed by atoms with E-state index >= 15 is 0 Å². The zero-order valence-corrected chi connectivity index (χ0v) is 9.95. The standard InChI is InChI=1S/C13H19NO2/c1-3-14-10-9-11-5-7-12(8-6-11)13(15)16-4-2/h5-8,14H,3-4,9-10H2,1-2H3. The van der Waals surface area contributed by atoms with E-state index in [1.54, 1.807) is 0 Å². The number of carbonyl (C=O) groups excluding carboxylic acids is 1. The van der Waals surface area contributed by atoms with Crippen LogP contribution in [0.3, 0.4) is 0 Å². The number of hydrogen-bond donors (Lipinski definition) is 1. The number of nitrogens with one attached hydrogen (secondary N) is 1. The van der Waals surface area contributed by atoms with E-state index in [4.69, 9.17) is 4.74 Å². The number of likely N-dealkylation sites (N-methyl/N-ethyl adjacent to an activating group) is 1. The van der Waals surface area contributed by atoms with E-state index in [-0.39, 0.29) is 5.97 Å². The zero-order chi connectivity index (χ0) is 11.8. The number of carbonyl (C=O) groups is 1. The van der Waals surface area contributed by atoms with Crippen LogP contribution in [0.2, 0.25) is 0 Å². The molecule has 1 aromatic rings. The van der Waals surface area contributed by atoms with E-state index in [1.807, 2.05) is 31.2 Å². The molecule has 0 aliphatic carbocycles. The van der Waals surface area contributed by atoms with Crippen molar-refractivity contribution >= 4 is 5.97 Å². The molecule has 0 unspecified atom stereocenters. The van der Waals surface area contributed by atoms with Gasteiger partial charge in [-0.2, -0.15) is 0 Å². The van der Waals surface area contributed by atoms with Crippen LogP contribution >= 0.6 is 0 Å². The number of benzene rings is 1. The molecule has 0 saturated heterocycles. The van der Waals surface area contributed by atoms with Gasteiger partial charge in [0.05, 0.1) is 12.2 Å². The SMILES string of the molecule is CCNCCc1ccc(C(=O)OCC)cc1. The van der Waals surface area contributed by atoms with Gasteiger partial charge >= 0.3 is 5.97 Å². The van der Waals surface area contributed by atoms with Gasteiger partial charge in [-0.15, -0.1) is 0 Å². The van der Waals surface area contributed by atoms with Gasteiger partial charge in [0.1, 0.15) is 0 Å². The van der Waals surface area contributed by atoms with Gasteiger partial charge in [-0.25, -0.2) is 4.79 Å². The third-order valence-electron chi connectivity index (χ3n) is 2.31. The predicted molar refractivity (Wildman–Crippen MR) is 64.6 cm³/mol. The molecule has 0 fully saturated rings. The molecule has 0 saturated carbocycles. The Balaban J connectivity index is 2.50. The summed E-state index contributed by atoms with van der Waals surface area (Å²) in [7, 11) is 0. The smallest absolute Gasteiger partial charge is 0.338 e. The van der Waals surface area contributed by atoms with Crippen molar-refractivity contribution in [3.63, 3.8) is 0 Å². The van der Waals surface area contributed by atoms with E-state index in [0.29, 0.717) is 12.2 Å². The van der Waals surface area contributed by atoms with Crippen molar-refractivity contribution in [3.8, 4) is 0 Å². The molecule has 1 aromatic carbocycles. The summed E-state index contributed by atoms with van der Waals surface area (Å²) in [4.78, 5) is 11.4.